The number of nitrogens with one attached hydrogen (secondary N) is 1. The molecule has 3 aromatic rings. The molecule has 3 rings (SSSR count). The fourth-order valence-corrected chi connectivity index (χ4v) is 2.92. The molecule has 4 heteroatoms. The highest BCUT2D eigenvalue weighted by Crippen LogP contribution is 2.25. The smallest absolute Gasteiger partial charge is 0.259 e. The normalized spacial score (nSPS) is 10.4. The van der Waals surface area contributed by atoms with Gasteiger partial charge in [0.15, 0.2) is 0 Å². The van der Waals surface area contributed by atoms with Crippen molar-refractivity contribution in [2.24, 2.45) is 0 Å². The highest BCUT2D eigenvalue weighted by molar-refractivity contribution is 9.10. The van der Waals surface area contributed by atoms with E-state index in [1.807, 2.05) is 74.5 Å². The fourth-order valence-electron chi connectivity index (χ4n) is 2.56. The van der Waals surface area contributed by atoms with Crippen molar-refractivity contribution in [3.05, 3.63) is 93.5 Å². The average Bonchev–Trinajstić information content (AvgIpc) is 2.64. The zero-order chi connectivity index (χ0) is 18.5. The van der Waals surface area contributed by atoms with Gasteiger partial charge in [0, 0.05) is 10.2 Å². The van der Waals surface area contributed by atoms with Crippen molar-refractivity contribution in [1.29, 1.82) is 0 Å². The third-order valence-corrected chi connectivity index (χ3v) is 4.68. The molecule has 0 aliphatic carbocycles. The predicted molar refractivity (Wildman–Crippen MR) is 109 cm³/mol. The molecule has 0 atom stereocenters. The second-order valence-electron chi connectivity index (χ2n) is 6.17. The summed E-state index contributed by atoms with van der Waals surface area (Å²) in [5, 5.41) is 2.95. The summed E-state index contributed by atoms with van der Waals surface area (Å²) in [5.74, 6) is 0.357. The van der Waals surface area contributed by atoms with Gasteiger partial charge in [0.2, 0.25) is 0 Å². The number of aryl methyl sites for hydroxylation is 2. The highest BCUT2D eigenvalue weighted by Gasteiger charge is 2.14. The number of benzene rings is 3. The number of ether oxygens (including phenoxy) is 1. The monoisotopic (exact) mass is 409 g/mol. The Morgan fingerprint density at radius 1 is 0.962 bits per heavy atom. The topological polar surface area (TPSA) is 38.3 Å². The number of carbonyl (C=O) groups excluding carboxylic acids is 1. The largest absolute Gasteiger partial charge is 0.488 e. The molecule has 0 saturated carbocycles. The van der Waals surface area contributed by atoms with Gasteiger partial charge in [-0.15, -0.1) is 0 Å². The molecule has 3 nitrogen and oxygen atoms in total. The minimum Gasteiger partial charge on any atom is -0.488 e. The van der Waals surface area contributed by atoms with Crippen LogP contribution in [0.4, 0.5) is 5.69 Å². The number of anilines is 1. The molecule has 0 aromatic heterocycles. The van der Waals surface area contributed by atoms with Gasteiger partial charge in [-0.2, -0.15) is 0 Å². The second-order valence-corrected chi connectivity index (χ2v) is 7.08. The fraction of sp³-hybridized carbons (Fsp3) is 0.136. The predicted octanol–water partition coefficient (Wildman–Crippen LogP) is 5.90. The summed E-state index contributed by atoms with van der Waals surface area (Å²) in [6.45, 7) is 4.48. The van der Waals surface area contributed by atoms with Crippen molar-refractivity contribution in [2.75, 3.05) is 5.32 Å². The Kier molecular flexibility index (Phi) is 5.74. The summed E-state index contributed by atoms with van der Waals surface area (Å²) < 4.78 is 6.73. The molecular weight excluding hydrogens is 390 g/mol. The van der Waals surface area contributed by atoms with E-state index < -0.39 is 0 Å². The van der Waals surface area contributed by atoms with Crippen LogP contribution in [0.15, 0.2) is 71.2 Å². The molecule has 1 amide bonds. The molecular formula is C22H20BrNO2. The minimum absolute atomic E-state index is 0.197. The van der Waals surface area contributed by atoms with Crippen LogP contribution in [0.5, 0.6) is 5.75 Å². The van der Waals surface area contributed by atoms with E-state index in [0.717, 1.165) is 21.3 Å². The van der Waals surface area contributed by atoms with Crippen LogP contribution < -0.4 is 10.1 Å². The summed E-state index contributed by atoms with van der Waals surface area (Å²) in [5.41, 5.74) is 4.64. The Bertz CT molecular complexity index is 923. The number of halogens is 1. The van der Waals surface area contributed by atoms with Gasteiger partial charge >= 0.3 is 0 Å². The van der Waals surface area contributed by atoms with E-state index in [-0.39, 0.29) is 5.91 Å². The van der Waals surface area contributed by atoms with Crippen LogP contribution in [0.3, 0.4) is 0 Å². The van der Waals surface area contributed by atoms with Crippen LogP contribution in [0.2, 0.25) is 0 Å². The number of amides is 1. The molecule has 0 radical (unpaired) electrons. The summed E-state index contributed by atoms with van der Waals surface area (Å²) in [6.07, 6.45) is 0. The summed E-state index contributed by atoms with van der Waals surface area (Å²) >= 11 is 3.43. The summed E-state index contributed by atoms with van der Waals surface area (Å²) in [4.78, 5) is 12.8. The van der Waals surface area contributed by atoms with E-state index >= 15 is 0 Å². The van der Waals surface area contributed by atoms with Crippen molar-refractivity contribution in [3.8, 4) is 5.75 Å². The van der Waals surface area contributed by atoms with Crippen molar-refractivity contribution in [2.45, 2.75) is 20.5 Å². The summed E-state index contributed by atoms with van der Waals surface area (Å²) in [7, 11) is 0. The zero-order valence-corrected chi connectivity index (χ0v) is 16.3. The third kappa shape index (κ3) is 4.52. The van der Waals surface area contributed by atoms with Crippen LogP contribution in [-0.2, 0) is 6.61 Å². The first-order chi connectivity index (χ1) is 12.5. The van der Waals surface area contributed by atoms with E-state index in [1.54, 1.807) is 6.07 Å². The van der Waals surface area contributed by atoms with Gasteiger partial charge in [-0.1, -0.05) is 52.3 Å². The standard InChI is InChI=1S/C22H20BrNO2/c1-15-8-10-19(12-16(15)2)24-22(25)20-13-18(23)9-11-21(20)26-14-17-6-4-3-5-7-17/h3-13H,14H2,1-2H3,(H,24,25). The quantitative estimate of drug-likeness (QED) is 0.569. The molecule has 3 aromatic carbocycles. The van der Waals surface area contributed by atoms with Crippen molar-refractivity contribution in [1.82, 2.24) is 0 Å². The Hall–Kier alpha value is -2.59. The highest BCUT2D eigenvalue weighted by atomic mass is 79.9. The van der Waals surface area contributed by atoms with Gasteiger partial charge in [0.25, 0.3) is 5.91 Å². The molecule has 0 aliphatic heterocycles. The Labute approximate surface area is 162 Å². The lowest BCUT2D eigenvalue weighted by Gasteiger charge is -2.13. The Morgan fingerprint density at radius 2 is 1.73 bits per heavy atom. The van der Waals surface area contributed by atoms with Gasteiger partial charge in [-0.25, -0.2) is 0 Å². The maximum atomic E-state index is 12.8. The van der Waals surface area contributed by atoms with E-state index in [9.17, 15) is 4.79 Å². The van der Waals surface area contributed by atoms with Crippen LogP contribution in [-0.4, -0.2) is 5.91 Å². The molecule has 0 saturated heterocycles. The lowest BCUT2D eigenvalue weighted by atomic mass is 10.1. The lowest BCUT2D eigenvalue weighted by Crippen LogP contribution is -2.14. The van der Waals surface area contributed by atoms with Gasteiger partial charge < -0.3 is 10.1 Å². The molecule has 0 fully saturated rings. The first-order valence-corrected chi connectivity index (χ1v) is 9.17. The maximum absolute atomic E-state index is 12.8. The molecule has 1 N–H and O–H groups in total. The van der Waals surface area contributed by atoms with Gasteiger partial charge in [0.05, 0.1) is 5.56 Å². The molecule has 0 spiro atoms. The second kappa shape index (κ2) is 8.19. The van der Waals surface area contributed by atoms with Crippen molar-refractivity contribution < 1.29 is 9.53 Å². The van der Waals surface area contributed by atoms with Crippen LogP contribution in [0, 0.1) is 13.8 Å². The first kappa shape index (κ1) is 18.2. The molecule has 132 valence electrons. The zero-order valence-electron chi connectivity index (χ0n) is 14.8. The van der Waals surface area contributed by atoms with E-state index in [4.69, 9.17) is 4.74 Å². The van der Waals surface area contributed by atoms with Crippen LogP contribution in [0.25, 0.3) is 0 Å². The minimum atomic E-state index is -0.197. The van der Waals surface area contributed by atoms with E-state index in [1.165, 1.54) is 5.56 Å². The lowest BCUT2D eigenvalue weighted by molar-refractivity contribution is 0.102. The number of carbonyl (C=O) groups is 1. The molecule has 0 aliphatic rings. The van der Waals surface area contributed by atoms with E-state index in [0.29, 0.717) is 17.9 Å². The number of rotatable bonds is 5. The van der Waals surface area contributed by atoms with E-state index in [2.05, 4.69) is 21.2 Å². The average molecular weight is 410 g/mol. The SMILES string of the molecule is Cc1ccc(NC(=O)c2cc(Br)ccc2OCc2ccccc2)cc1C. The third-order valence-electron chi connectivity index (χ3n) is 4.19. The van der Waals surface area contributed by atoms with Crippen molar-refractivity contribution >= 4 is 27.5 Å². The number of hydrogen-bond donors (Lipinski definition) is 1. The first-order valence-electron chi connectivity index (χ1n) is 8.38. The Balaban J connectivity index is 1.80. The van der Waals surface area contributed by atoms with Crippen LogP contribution >= 0.6 is 15.9 Å². The summed E-state index contributed by atoms with van der Waals surface area (Å²) in [6, 6.07) is 21.2. The van der Waals surface area contributed by atoms with Gasteiger partial charge in [0.1, 0.15) is 12.4 Å². The van der Waals surface area contributed by atoms with Gasteiger partial charge in [-0.3, -0.25) is 4.79 Å². The molecule has 26 heavy (non-hydrogen) atoms. The Morgan fingerprint density at radius 3 is 2.46 bits per heavy atom. The van der Waals surface area contributed by atoms with Crippen molar-refractivity contribution in [3.63, 3.8) is 0 Å². The molecule has 0 bridgehead atoms. The maximum Gasteiger partial charge on any atom is 0.259 e. The number of hydrogen-bond acceptors (Lipinski definition) is 2. The van der Waals surface area contributed by atoms with Gasteiger partial charge in [-0.05, 0) is 60.9 Å². The molecule has 0 heterocycles. The van der Waals surface area contributed by atoms with Crippen LogP contribution in [0.1, 0.15) is 27.0 Å². The molecule has 0 unspecified atom stereocenters.